The van der Waals surface area contributed by atoms with Crippen LogP contribution in [-0.2, 0) is 0 Å². The van der Waals surface area contributed by atoms with Gasteiger partial charge in [0, 0.05) is 5.71 Å². The molecule has 0 aliphatic rings. The normalized spacial score (nSPS) is 11.3. The van der Waals surface area contributed by atoms with Gasteiger partial charge in [-0.2, -0.15) is 0 Å². The zero-order valence-corrected chi connectivity index (χ0v) is 7.46. The van der Waals surface area contributed by atoms with Crippen molar-refractivity contribution >= 4 is 11.3 Å². The van der Waals surface area contributed by atoms with Crippen LogP contribution in [0, 0.1) is 5.41 Å². The van der Waals surface area contributed by atoms with Gasteiger partial charge in [-0.25, -0.2) is 0 Å². The predicted octanol–water partition coefficient (Wildman–Crippen LogP) is 3.13. The van der Waals surface area contributed by atoms with Crippen molar-refractivity contribution in [3.63, 3.8) is 0 Å². The van der Waals surface area contributed by atoms with Crippen LogP contribution in [0.2, 0.25) is 0 Å². The second-order valence-electron chi connectivity index (χ2n) is 2.88. The minimum Gasteiger partial charge on any atom is -0.306 e. The Balaban J connectivity index is 2.93. The highest BCUT2D eigenvalue weighted by Crippen LogP contribution is 2.12. The van der Waals surface area contributed by atoms with Gasteiger partial charge in [0.15, 0.2) is 0 Å². The predicted molar refractivity (Wildman–Crippen MR) is 53.5 cm³/mol. The lowest BCUT2D eigenvalue weighted by Crippen LogP contribution is -1.84. The third kappa shape index (κ3) is 2.35. The Kier molecular flexibility index (Phi) is 2.81. The van der Waals surface area contributed by atoms with E-state index >= 15 is 0 Å². The molecule has 0 bridgehead atoms. The van der Waals surface area contributed by atoms with E-state index in [1.165, 1.54) is 5.56 Å². The first-order chi connectivity index (χ1) is 5.70. The summed E-state index contributed by atoms with van der Waals surface area (Å²) >= 11 is 0. The smallest absolute Gasteiger partial charge is 0.0285 e. The van der Waals surface area contributed by atoms with Crippen molar-refractivity contribution in [2.24, 2.45) is 0 Å². The van der Waals surface area contributed by atoms with Crippen LogP contribution in [0.4, 0.5) is 0 Å². The van der Waals surface area contributed by atoms with Crippen molar-refractivity contribution in [2.75, 3.05) is 0 Å². The summed E-state index contributed by atoms with van der Waals surface area (Å²) < 4.78 is 0. The molecule has 0 saturated carbocycles. The lowest BCUT2D eigenvalue weighted by Gasteiger charge is -1.99. The van der Waals surface area contributed by atoms with E-state index in [0.717, 1.165) is 5.57 Å². The van der Waals surface area contributed by atoms with Crippen molar-refractivity contribution in [1.82, 2.24) is 0 Å². The third-order valence-electron chi connectivity index (χ3n) is 1.66. The van der Waals surface area contributed by atoms with Gasteiger partial charge in [-0.3, -0.25) is 0 Å². The van der Waals surface area contributed by atoms with Crippen LogP contribution in [0.15, 0.2) is 36.4 Å². The zero-order valence-electron chi connectivity index (χ0n) is 7.46. The Bertz CT molecular complexity index is 296. The van der Waals surface area contributed by atoms with Gasteiger partial charge in [0.2, 0.25) is 0 Å². The molecule has 0 atom stereocenters. The Morgan fingerprint density at radius 2 is 1.75 bits per heavy atom. The molecular formula is C11H13N. The molecule has 1 aromatic rings. The fraction of sp³-hybridized carbons (Fsp3) is 0.182. The fourth-order valence-corrected chi connectivity index (χ4v) is 1.11. The van der Waals surface area contributed by atoms with E-state index in [9.17, 15) is 0 Å². The Morgan fingerprint density at radius 1 is 1.17 bits per heavy atom. The van der Waals surface area contributed by atoms with Gasteiger partial charge in [0.05, 0.1) is 0 Å². The van der Waals surface area contributed by atoms with Crippen molar-refractivity contribution in [3.8, 4) is 0 Å². The molecule has 0 aromatic heterocycles. The maximum Gasteiger partial charge on any atom is 0.0285 e. The summed E-state index contributed by atoms with van der Waals surface area (Å²) in [7, 11) is 0. The van der Waals surface area contributed by atoms with Crippen LogP contribution in [0.25, 0.3) is 5.57 Å². The lowest BCUT2D eigenvalue weighted by atomic mass is 10.1. The van der Waals surface area contributed by atoms with Gasteiger partial charge >= 0.3 is 0 Å². The van der Waals surface area contributed by atoms with E-state index in [-0.39, 0.29) is 0 Å². The van der Waals surface area contributed by atoms with Gasteiger partial charge in [0.1, 0.15) is 0 Å². The first-order valence-electron chi connectivity index (χ1n) is 3.99. The molecule has 1 N–H and O–H groups in total. The Hall–Kier alpha value is -1.37. The molecule has 0 aliphatic carbocycles. The van der Waals surface area contributed by atoms with Gasteiger partial charge in [-0.05, 0) is 31.1 Å². The second kappa shape index (κ2) is 3.86. The molecule has 0 saturated heterocycles. The molecular weight excluding hydrogens is 146 g/mol. The van der Waals surface area contributed by atoms with E-state index in [1.807, 2.05) is 31.2 Å². The number of rotatable bonds is 2. The number of nitrogens with one attached hydrogen (secondary N) is 1. The first-order valence-corrected chi connectivity index (χ1v) is 3.99. The topological polar surface area (TPSA) is 23.9 Å². The second-order valence-corrected chi connectivity index (χ2v) is 2.88. The molecule has 0 amide bonds. The maximum atomic E-state index is 7.30. The maximum absolute atomic E-state index is 7.30. The van der Waals surface area contributed by atoms with Crippen LogP contribution in [-0.4, -0.2) is 5.71 Å². The van der Waals surface area contributed by atoms with Crippen LogP contribution >= 0.6 is 0 Å². The fourth-order valence-electron chi connectivity index (χ4n) is 1.11. The quantitative estimate of drug-likeness (QED) is 0.641. The average Bonchev–Trinajstić information content (AvgIpc) is 2.05. The molecule has 0 spiro atoms. The minimum atomic E-state index is 0.594. The highest BCUT2D eigenvalue weighted by atomic mass is 14.4. The molecule has 1 rings (SSSR count). The molecule has 0 radical (unpaired) electrons. The van der Waals surface area contributed by atoms with Gasteiger partial charge in [-0.1, -0.05) is 30.3 Å². The molecule has 1 aromatic carbocycles. The number of hydrogen-bond acceptors (Lipinski definition) is 1. The summed E-state index contributed by atoms with van der Waals surface area (Å²) in [5, 5.41) is 7.30. The highest BCUT2D eigenvalue weighted by molar-refractivity contribution is 5.96. The molecule has 1 heteroatoms. The summed E-state index contributed by atoms with van der Waals surface area (Å²) in [5.41, 5.74) is 2.92. The summed E-state index contributed by atoms with van der Waals surface area (Å²) in [5.74, 6) is 0. The van der Waals surface area contributed by atoms with Crippen molar-refractivity contribution in [1.29, 1.82) is 5.41 Å². The van der Waals surface area contributed by atoms with E-state index < -0.39 is 0 Å². The molecule has 62 valence electrons. The standard InChI is InChI=1S/C11H13N/c1-9(8-10(2)12)11-6-4-3-5-7-11/h3-8,12H,1-2H3/b9-8+,12-10?. The van der Waals surface area contributed by atoms with Crippen molar-refractivity contribution in [3.05, 3.63) is 42.0 Å². The van der Waals surface area contributed by atoms with Gasteiger partial charge in [-0.15, -0.1) is 0 Å². The van der Waals surface area contributed by atoms with E-state index in [1.54, 1.807) is 6.92 Å². The average molecular weight is 159 g/mol. The zero-order chi connectivity index (χ0) is 8.97. The van der Waals surface area contributed by atoms with Gasteiger partial charge in [0.25, 0.3) is 0 Å². The Labute approximate surface area is 73.3 Å². The van der Waals surface area contributed by atoms with Crippen molar-refractivity contribution in [2.45, 2.75) is 13.8 Å². The molecule has 12 heavy (non-hydrogen) atoms. The van der Waals surface area contributed by atoms with Crippen LogP contribution in [0.3, 0.4) is 0 Å². The lowest BCUT2D eigenvalue weighted by molar-refractivity contribution is 1.49. The molecule has 0 fully saturated rings. The molecule has 0 heterocycles. The van der Waals surface area contributed by atoms with Crippen LogP contribution in [0.5, 0.6) is 0 Å². The van der Waals surface area contributed by atoms with E-state index in [4.69, 9.17) is 5.41 Å². The number of allylic oxidation sites excluding steroid dienone is 2. The molecule has 0 aliphatic heterocycles. The van der Waals surface area contributed by atoms with Gasteiger partial charge < -0.3 is 5.41 Å². The summed E-state index contributed by atoms with van der Waals surface area (Å²) in [6, 6.07) is 10.1. The van der Waals surface area contributed by atoms with E-state index in [2.05, 4.69) is 12.1 Å². The summed E-state index contributed by atoms with van der Waals surface area (Å²) in [6.07, 6.45) is 1.87. The van der Waals surface area contributed by atoms with Crippen LogP contribution < -0.4 is 0 Å². The van der Waals surface area contributed by atoms with E-state index in [0.29, 0.717) is 5.71 Å². The first kappa shape index (κ1) is 8.72. The number of benzene rings is 1. The highest BCUT2D eigenvalue weighted by Gasteiger charge is 1.92. The largest absolute Gasteiger partial charge is 0.306 e. The minimum absolute atomic E-state index is 0.594. The number of hydrogen-bond donors (Lipinski definition) is 1. The van der Waals surface area contributed by atoms with Crippen LogP contribution in [0.1, 0.15) is 19.4 Å². The molecule has 0 unspecified atom stereocenters. The molecule has 1 nitrogen and oxygen atoms in total. The monoisotopic (exact) mass is 159 g/mol. The SMILES string of the molecule is CC(=N)/C=C(\C)c1ccccc1. The third-order valence-corrected chi connectivity index (χ3v) is 1.66. The van der Waals surface area contributed by atoms with Crippen molar-refractivity contribution < 1.29 is 0 Å². The Morgan fingerprint density at radius 3 is 2.25 bits per heavy atom. The summed E-state index contributed by atoms with van der Waals surface area (Å²) in [6.45, 7) is 3.81. The summed E-state index contributed by atoms with van der Waals surface area (Å²) in [4.78, 5) is 0.